The first-order chi connectivity index (χ1) is 12.2. The van der Waals surface area contributed by atoms with Gasteiger partial charge in [-0.05, 0) is 30.7 Å². The van der Waals surface area contributed by atoms with Crippen LogP contribution >= 0.6 is 22.9 Å². The van der Waals surface area contributed by atoms with Gasteiger partial charge < -0.3 is 4.90 Å². The van der Waals surface area contributed by atoms with Gasteiger partial charge in [-0.15, -0.1) is 11.3 Å². The van der Waals surface area contributed by atoms with E-state index in [1.165, 1.54) is 23.5 Å². The Morgan fingerprint density at radius 1 is 1.19 bits per heavy atom. The molecule has 0 aliphatic heterocycles. The maximum absolute atomic E-state index is 12.9. The lowest BCUT2D eigenvalue weighted by Crippen LogP contribution is -2.29. The molecule has 8 heteroatoms. The van der Waals surface area contributed by atoms with Gasteiger partial charge in [-0.25, -0.2) is 13.6 Å². The Bertz CT molecular complexity index is 1090. The normalized spacial score (nSPS) is 12.9. The number of carbonyl (C=O) groups excluding carboxylic acids is 1. The van der Waals surface area contributed by atoms with Gasteiger partial charge in [-0.1, -0.05) is 41.9 Å². The van der Waals surface area contributed by atoms with Crippen LogP contribution in [-0.4, -0.2) is 26.3 Å². The van der Waals surface area contributed by atoms with Crippen LogP contribution in [0.2, 0.25) is 5.02 Å². The van der Waals surface area contributed by atoms with Crippen LogP contribution in [0.3, 0.4) is 0 Å². The van der Waals surface area contributed by atoms with Crippen molar-refractivity contribution in [1.82, 2.24) is 4.90 Å². The number of carbonyl (C=O) groups is 1. The quantitative estimate of drug-likeness (QED) is 0.707. The molecule has 0 aliphatic rings. The Hall–Kier alpha value is -1.93. The summed E-state index contributed by atoms with van der Waals surface area (Å²) in [7, 11) is -2.14. The van der Waals surface area contributed by atoms with E-state index in [1.807, 2.05) is 31.2 Å². The standard InChI is InChI=1S/C18H17ClN2O3S2/c1-11(12-6-5-7-13(10-12)26(20,23)24)21(2)18(22)17-16(19)14-8-3-4-9-15(14)25-17/h3-11H,1-2H3,(H2,20,23,24). The van der Waals surface area contributed by atoms with Crippen molar-refractivity contribution in [3.63, 3.8) is 0 Å². The number of hydrogen-bond acceptors (Lipinski definition) is 4. The molecule has 0 spiro atoms. The van der Waals surface area contributed by atoms with E-state index >= 15 is 0 Å². The first-order valence-corrected chi connectivity index (χ1v) is 10.5. The molecular formula is C18H17ClN2O3S2. The molecule has 2 aromatic carbocycles. The highest BCUT2D eigenvalue weighted by molar-refractivity contribution is 7.89. The van der Waals surface area contributed by atoms with E-state index in [-0.39, 0.29) is 16.8 Å². The Labute approximate surface area is 161 Å². The summed E-state index contributed by atoms with van der Waals surface area (Å²) in [6.07, 6.45) is 0. The third kappa shape index (κ3) is 3.48. The number of nitrogens with two attached hydrogens (primary N) is 1. The topological polar surface area (TPSA) is 80.5 Å². The molecule has 0 fully saturated rings. The molecule has 3 aromatic rings. The minimum absolute atomic E-state index is 0.0163. The van der Waals surface area contributed by atoms with E-state index in [0.717, 1.165) is 10.1 Å². The molecule has 5 nitrogen and oxygen atoms in total. The van der Waals surface area contributed by atoms with Gasteiger partial charge in [-0.2, -0.15) is 0 Å². The Morgan fingerprint density at radius 3 is 2.54 bits per heavy atom. The molecule has 0 bridgehead atoms. The second-order valence-corrected chi connectivity index (χ2v) is 8.94. The molecule has 0 radical (unpaired) electrons. The molecule has 136 valence electrons. The summed E-state index contributed by atoms with van der Waals surface area (Å²) in [5, 5.41) is 6.48. The van der Waals surface area contributed by atoms with Crippen molar-refractivity contribution in [3.05, 3.63) is 64.0 Å². The maximum atomic E-state index is 12.9. The van der Waals surface area contributed by atoms with E-state index in [2.05, 4.69) is 0 Å². The molecule has 1 aromatic heterocycles. The average Bonchev–Trinajstić information content (AvgIpc) is 2.96. The van der Waals surface area contributed by atoms with Crippen molar-refractivity contribution in [2.75, 3.05) is 7.05 Å². The minimum Gasteiger partial charge on any atom is -0.334 e. The molecule has 3 rings (SSSR count). The smallest absolute Gasteiger partial charge is 0.265 e. The van der Waals surface area contributed by atoms with Crippen LogP contribution in [0.15, 0.2) is 53.4 Å². The summed E-state index contributed by atoms with van der Waals surface area (Å²) < 4.78 is 24.1. The van der Waals surface area contributed by atoms with Gasteiger partial charge in [0.2, 0.25) is 10.0 Å². The number of hydrogen-bond donors (Lipinski definition) is 1. The molecule has 0 saturated carbocycles. The zero-order chi connectivity index (χ0) is 19.1. The van der Waals surface area contributed by atoms with E-state index in [9.17, 15) is 13.2 Å². The van der Waals surface area contributed by atoms with E-state index in [1.54, 1.807) is 24.1 Å². The van der Waals surface area contributed by atoms with Crippen LogP contribution in [0, 0.1) is 0 Å². The number of primary sulfonamides is 1. The summed E-state index contributed by atoms with van der Waals surface area (Å²) in [5.74, 6) is -0.218. The number of rotatable bonds is 4. The number of benzene rings is 2. The lowest BCUT2D eigenvalue weighted by Gasteiger charge is -2.25. The first kappa shape index (κ1) is 18.8. The number of nitrogens with zero attached hydrogens (tertiary/aromatic N) is 1. The molecule has 1 heterocycles. The Morgan fingerprint density at radius 2 is 1.88 bits per heavy atom. The SMILES string of the molecule is CC(c1cccc(S(N)(=O)=O)c1)N(C)C(=O)c1sc2ccccc2c1Cl. The molecule has 0 aliphatic carbocycles. The number of fused-ring (bicyclic) bond motifs is 1. The molecule has 2 N–H and O–H groups in total. The molecule has 1 amide bonds. The first-order valence-electron chi connectivity index (χ1n) is 7.77. The molecule has 26 heavy (non-hydrogen) atoms. The second kappa shape index (κ2) is 7.00. The third-order valence-electron chi connectivity index (χ3n) is 4.30. The summed E-state index contributed by atoms with van der Waals surface area (Å²) in [6, 6.07) is 13.5. The van der Waals surface area contributed by atoms with Crippen molar-refractivity contribution in [2.24, 2.45) is 5.14 Å². The lowest BCUT2D eigenvalue weighted by molar-refractivity contribution is 0.0747. The Balaban J connectivity index is 1.94. The Kier molecular flexibility index (Phi) is 5.07. The fraction of sp³-hybridized carbons (Fsp3) is 0.167. The molecular weight excluding hydrogens is 392 g/mol. The fourth-order valence-corrected chi connectivity index (χ4v) is 4.73. The highest BCUT2D eigenvalue weighted by atomic mass is 35.5. The van der Waals surface area contributed by atoms with Gasteiger partial charge in [0.1, 0.15) is 4.88 Å². The number of sulfonamides is 1. The summed E-state index contributed by atoms with van der Waals surface area (Å²) in [4.78, 5) is 15.0. The molecule has 1 unspecified atom stereocenters. The molecule has 0 saturated heterocycles. The van der Waals surface area contributed by atoms with Crippen LogP contribution in [-0.2, 0) is 10.0 Å². The predicted molar refractivity (Wildman–Crippen MR) is 105 cm³/mol. The van der Waals surface area contributed by atoms with E-state index in [4.69, 9.17) is 16.7 Å². The van der Waals surface area contributed by atoms with Gasteiger partial charge in [0.15, 0.2) is 0 Å². The summed E-state index contributed by atoms with van der Waals surface area (Å²) in [5.41, 5.74) is 0.671. The van der Waals surface area contributed by atoms with Crippen LogP contribution in [0.5, 0.6) is 0 Å². The van der Waals surface area contributed by atoms with Crippen molar-refractivity contribution < 1.29 is 13.2 Å². The number of thiophene rings is 1. The fourth-order valence-electron chi connectivity index (χ4n) is 2.66. The van der Waals surface area contributed by atoms with Gasteiger partial charge in [0.05, 0.1) is 16.0 Å². The van der Waals surface area contributed by atoms with Crippen LogP contribution in [0.25, 0.3) is 10.1 Å². The van der Waals surface area contributed by atoms with E-state index < -0.39 is 10.0 Å². The van der Waals surface area contributed by atoms with Gasteiger partial charge in [-0.3, -0.25) is 4.79 Å². The van der Waals surface area contributed by atoms with Crippen molar-refractivity contribution in [3.8, 4) is 0 Å². The third-order valence-corrected chi connectivity index (χ3v) is 6.87. The van der Waals surface area contributed by atoms with E-state index in [0.29, 0.717) is 15.5 Å². The van der Waals surface area contributed by atoms with Crippen LogP contribution in [0.4, 0.5) is 0 Å². The highest BCUT2D eigenvalue weighted by Gasteiger charge is 2.24. The number of halogens is 1. The van der Waals surface area contributed by atoms with Gasteiger partial charge >= 0.3 is 0 Å². The monoisotopic (exact) mass is 408 g/mol. The maximum Gasteiger partial charge on any atom is 0.265 e. The van der Waals surface area contributed by atoms with Crippen molar-refractivity contribution in [2.45, 2.75) is 17.9 Å². The minimum atomic E-state index is -3.80. The summed E-state index contributed by atoms with van der Waals surface area (Å²) in [6.45, 7) is 1.82. The van der Waals surface area contributed by atoms with Gasteiger partial charge in [0.25, 0.3) is 5.91 Å². The zero-order valence-electron chi connectivity index (χ0n) is 14.1. The summed E-state index contributed by atoms with van der Waals surface area (Å²) >= 11 is 7.74. The van der Waals surface area contributed by atoms with Crippen LogP contribution in [0.1, 0.15) is 28.2 Å². The van der Waals surface area contributed by atoms with Gasteiger partial charge in [0, 0.05) is 17.1 Å². The predicted octanol–water partition coefficient (Wildman–Crippen LogP) is 4.04. The molecule has 1 atom stereocenters. The number of amides is 1. The average molecular weight is 409 g/mol. The second-order valence-electron chi connectivity index (χ2n) is 5.95. The van der Waals surface area contributed by atoms with Crippen LogP contribution < -0.4 is 5.14 Å². The lowest BCUT2D eigenvalue weighted by atomic mass is 10.1. The van der Waals surface area contributed by atoms with Crippen molar-refractivity contribution in [1.29, 1.82) is 0 Å². The largest absolute Gasteiger partial charge is 0.334 e. The highest BCUT2D eigenvalue weighted by Crippen LogP contribution is 2.36. The zero-order valence-corrected chi connectivity index (χ0v) is 16.5. The van der Waals surface area contributed by atoms with Crippen molar-refractivity contribution >= 4 is 49.0 Å².